The summed E-state index contributed by atoms with van der Waals surface area (Å²) in [6, 6.07) is 15.5. The Labute approximate surface area is 194 Å². The topological polar surface area (TPSA) is 119 Å². The van der Waals surface area contributed by atoms with Crippen LogP contribution in [-0.2, 0) is 27.2 Å². The van der Waals surface area contributed by atoms with Crippen molar-refractivity contribution in [2.24, 2.45) is 5.92 Å². The molecule has 0 spiro atoms. The zero-order valence-electron chi connectivity index (χ0n) is 19.2. The van der Waals surface area contributed by atoms with E-state index in [1.54, 1.807) is 0 Å². The van der Waals surface area contributed by atoms with E-state index in [2.05, 4.69) is 21.4 Å². The number of fused-ring (bicyclic) bond motifs is 1. The maximum atomic E-state index is 13.0. The predicted molar refractivity (Wildman–Crippen MR) is 128 cm³/mol. The number of aldehydes is 1. The highest BCUT2D eigenvalue weighted by Crippen LogP contribution is 2.18. The predicted octanol–water partition coefficient (Wildman–Crippen LogP) is 1.78. The van der Waals surface area contributed by atoms with E-state index < -0.39 is 18.1 Å². The summed E-state index contributed by atoms with van der Waals surface area (Å²) in [5.41, 5.74) is 7.00. The van der Waals surface area contributed by atoms with Gasteiger partial charge in [0, 0.05) is 23.5 Å². The van der Waals surface area contributed by atoms with Crippen LogP contribution in [0.25, 0.3) is 10.9 Å². The van der Waals surface area contributed by atoms with E-state index in [-0.39, 0.29) is 17.7 Å². The molecule has 174 valence electrons. The number of H-pyrrole nitrogens is 1. The fraction of sp³-hybridized carbons (Fsp3) is 0.346. The van der Waals surface area contributed by atoms with E-state index >= 15 is 0 Å². The molecule has 0 aliphatic heterocycles. The third kappa shape index (κ3) is 6.76. The summed E-state index contributed by atoms with van der Waals surface area (Å²) in [5.74, 6) is -0.460. The second-order valence-corrected chi connectivity index (χ2v) is 8.89. The molecule has 3 aromatic rings. The minimum absolute atomic E-state index is 0.182. The molecule has 0 unspecified atom stereocenters. The first-order valence-corrected chi connectivity index (χ1v) is 11.4. The van der Waals surface area contributed by atoms with E-state index in [0.29, 0.717) is 19.3 Å². The number of benzene rings is 2. The maximum Gasteiger partial charge on any atom is 0.279 e. The third-order valence-electron chi connectivity index (χ3n) is 5.64. The lowest BCUT2D eigenvalue weighted by atomic mass is 10.0. The van der Waals surface area contributed by atoms with Crippen LogP contribution in [-0.4, -0.2) is 41.2 Å². The highest BCUT2D eigenvalue weighted by atomic mass is 16.2. The highest BCUT2D eigenvalue weighted by molar-refractivity contribution is 5.91. The molecule has 0 aliphatic rings. The molecule has 0 aliphatic carbocycles. The molecular formula is C26H33N4O3+. The van der Waals surface area contributed by atoms with Gasteiger partial charge in [-0.15, -0.1) is 0 Å². The molecule has 3 atom stereocenters. The van der Waals surface area contributed by atoms with E-state index in [1.165, 1.54) is 0 Å². The summed E-state index contributed by atoms with van der Waals surface area (Å²) in [6.07, 6.45) is 3.95. The summed E-state index contributed by atoms with van der Waals surface area (Å²) in [4.78, 5) is 40.7. The minimum atomic E-state index is -0.733. The van der Waals surface area contributed by atoms with E-state index in [4.69, 9.17) is 0 Å². The normalized spacial score (nSPS) is 13.9. The number of quaternary nitrogens is 1. The number of hydrogen-bond donors (Lipinski definition) is 4. The molecule has 0 saturated heterocycles. The third-order valence-corrected chi connectivity index (χ3v) is 5.64. The molecule has 7 heteroatoms. The fourth-order valence-corrected chi connectivity index (χ4v) is 3.94. The Morgan fingerprint density at radius 3 is 2.36 bits per heavy atom. The number of aromatic amines is 1. The molecule has 7 nitrogen and oxygen atoms in total. The van der Waals surface area contributed by atoms with Crippen molar-refractivity contribution in [1.29, 1.82) is 0 Å². The summed E-state index contributed by atoms with van der Waals surface area (Å²) in [6.45, 7) is 3.97. The van der Waals surface area contributed by atoms with E-state index in [0.717, 1.165) is 28.3 Å². The molecular weight excluding hydrogens is 416 g/mol. The van der Waals surface area contributed by atoms with Gasteiger partial charge in [-0.25, -0.2) is 0 Å². The number of para-hydroxylation sites is 1. The number of nitrogens with one attached hydrogen (secondary N) is 3. The fourth-order valence-electron chi connectivity index (χ4n) is 3.94. The van der Waals surface area contributed by atoms with Crippen LogP contribution in [0.2, 0.25) is 0 Å². The van der Waals surface area contributed by atoms with Crippen molar-refractivity contribution in [1.82, 2.24) is 15.6 Å². The van der Waals surface area contributed by atoms with Crippen LogP contribution < -0.4 is 16.4 Å². The van der Waals surface area contributed by atoms with Gasteiger partial charge in [-0.3, -0.25) is 9.59 Å². The zero-order chi connectivity index (χ0) is 23.8. The van der Waals surface area contributed by atoms with Gasteiger partial charge < -0.3 is 26.1 Å². The second-order valence-electron chi connectivity index (χ2n) is 8.89. The Bertz CT molecular complexity index is 1080. The van der Waals surface area contributed by atoms with Crippen LogP contribution in [0.4, 0.5) is 0 Å². The summed E-state index contributed by atoms with van der Waals surface area (Å²) in [7, 11) is 0. The lowest BCUT2D eigenvalue weighted by Crippen LogP contribution is -2.70. The maximum absolute atomic E-state index is 13.0. The molecule has 0 fully saturated rings. The van der Waals surface area contributed by atoms with Gasteiger partial charge in [0.25, 0.3) is 5.91 Å². The number of carbonyl (C=O) groups excluding carboxylic acids is 3. The average molecular weight is 450 g/mol. The molecule has 2 amide bonds. The Kier molecular flexibility index (Phi) is 8.38. The van der Waals surface area contributed by atoms with Crippen LogP contribution in [0.1, 0.15) is 31.4 Å². The van der Waals surface area contributed by atoms with Crippen LogP contribution in [0.15, 0.2) is 60.8 Å². The minimum Gasteiger partial charge on any atom is -0.361 e. The standard InChI is InChI=1S/C26H32N4O3/c1-17(2)12-24(26(33)29-20(16-31)13-18-8-4-3-5-9-18)30-25(32)22(27)14-19-15-28-23-11-7-6-10-21(19)23/h3-11,15-17,20,22,24,28H,12-14,27H2,1-2H3,(H,29,33)(H,30,32)/p+1/t20-,22-,24-/m0/s1. The second kappa shape index (κ2) is 11.4. The van der Waals surface area contributed by atoms with E-state index in [9.17, 15) is 14.4 Å². The van der Waals surface area contributed by atoms with Crippen molar-refractivity contribution in [2.75, 3.05) is 0 Å². The van der Waals surface area contributed by atoms with Crippen molar-refractivity contribution >= 4 is 29.0 Å². The lowest BCUT2D eigenvalue weighted by Gasteiger charge is -2.23. The van der Waals surface area contributed by atoms with Gasteiger partial charge in [0.05, 0.1) is 6.04 Å². The quantitative estimate of drug-likeness (QED) is 0.334. The Morgan fingerprint density at radius 1 is 0.970 bits per heavy atom. The summed E-state index contributed by atoms with van der Waals surface area (Å²) >= 11 is 0. The van der Waals surface area contributed by atoms with Gasteiger partial charge in [-0.1, -0.05) is 62.4 Å². The molecule has 1 heterocycles. The van der Waals surface area contributed by atoms with Gasteiger partial charge in [0.1, 0.15) is 12.3 Å². The zero-order valence-corrected chi connectivity index (χ0v) is 19.2. The monoisotopic (exact) mass is 449 g/mol. The Hall–Kier alpha value is -3.45. The molecule has 1 aromatic heterocycles. The Balaban J connectivity index is 1.63. The first-order chi connectivity index (χ1) is 15.9. The molecule has 3 rings (SSSR count). The van der Waals surface area contributed by atoms with Gasteiger partial charge in [0.2, 0.25) is 5.91 Å². The van der Waals surface area contributed by atoms with E-state index in [1.807, 2.05) is 74.6 Å². The van der Waals surface area contributed by atoms with Crippen molar-refractivity contribution in [3.05, 3.63) is 71.9 Å². The smallest absolute Gasteiger partial charge is 0.279 e. The lowest BCUT2D eigenvalue weighted by molar-refractivity contribution is -0.403. The number of hydrogen-bond acceptors (Lipinski definition) is 3. The van der Waals surface area contributed by atoms with Crippen LogP contribution in [0, 0.1) is 5.92 Å². The van der Waals surface area contributed by atoms with Gasteiger partial charge >= 0.3 is 0 Å². The van der Waals surface area contributed by atoms with Gasteiger partial charge in [-0.05, 0) is 36.0 Å². The summed E-state index contributed by atoms with van der Waals surface area (Å²) in [5, 5.41) is 6.71. The number of aromatic nitrogens is 1. The average Bonchev–Trinajstić information content (AvgIpc) is 3.21. The number of carbonyl (C=O) groups is 3. The van der Waals surface area contributed by atoms with Crippen molar-refractivity contribution in [2.45, 2.75) is 51.2 Å². The van der Waals surface area contributed by atoms with Crippen LogP contribution >= 0.6 is 0 Å². The van der Waals surface area contributed by atoms with Gasteiger partial charge in [0.15, 0.2) is 6.04 Å². The molecule has 6 N–H and O–H groups in total. The number of rotatable bonds is 11. The molecule has 0 radical (unpaired) electrons. The Morgan fingerprint density at radius 2 is 1.67 bits per heavy atom. The van der Waals surface area contributed by atoms with Crippen molar-refractivity contribution in [3.8, 4) is 0 Å². The summed E-state index contributed by atoms with van der Waals surface area (Å²) < 4.78 is 0. The molecule has 0 saturated carbocycles. The number of amides is 2. The highest BCUT2D eigenvalue weighted by Gasteiger charge is 2.28. The van der Waals surface area contributed by atoms with Crippen molar-refractivity contribution < 1.29 is 20.1 Å². The molecule has 2 aromatic carbocycles. The van der Waals surface area contributed by atoms with Gasteiger partial charge in [-0.2, -0.15) is 0 Å². The SMILES string of the molecule is CC(C)C[C@H](NC(=O)[C@@H]([NH3+])Cc1c[nH]c2ccccc12)C(=O)N[C@H](C=O)Cc1ccccc1. The van der Waals surface area contributed by atoms with Crippen LogP contribution in [0.3, 0.4) is 0 Å². The van der Waals surface area contributed by atoms with Crippen LogP contribution in [0.5, 0.6) is 0 Å². The largest absolute Gasteiger partial charge is 0.361 e. The molecule has 0 bridgehead atoms. The van der Waals surface area contributed by atoms with Crippen molar-refractivity contribution in [3.63, 3.8) is 0 Å². The first kappa shape index (κ1) is 24.2. The first-order valence-electron chi connectivity index (χ1n) is 11.4. The molecule has 33 heavy (non-hydrogen) atoms.